The highest BCUT2D eigenvalue weighted by molar-refractivity contribution is 5.80. The van der Waals surface area contributed by atoms with E-state index in [2.05, 4.69) is 10.1 Å². The van der Waals surface area contributed by atoms with Crippen molar-refractivity contribution < 1.29 is 22.7 Å². The van der Waals surface area contributed by atoms with Crippen LogP contribution in [0.25, 0.3) is 0 Å². The lowest BCUT2D eigenvalue weighted by molar-refractivity contribution is -0.325. The standard InChI is InChI=1S/C7H10F3NO2/c8-7(9,10)13-4-2-5-1-3-11-6(5)12/h5H,1-4H2,(H,11,12). The first-order chi connectivity index (χ1) is 5.99. The van der Waals surface area contributed by atoms with Gasteiger partial charge in [-0.25, -0.2) is 0 Å². The Morgan fingerprint density at radius 1 is 1.54 bits per heavy atom. The van der Waals surface area contributed by atoms with Crippen LogP contribution in [-0.4, -0.2) is 25.4 Å². The first-order valence-electron chi connectivity index (χ1n) is 3.97. The molecule has 0 aromatic rings. The average molecular weight is 197 g/mol. The van der Waals surface area contributed by atoms with Gasteiger partial charge in [-0.1, -0.05) is 0 Å². The Kier molecular flexibility index (Phi) is 3.13. The molecule has 0 spiro atoms. The fourth-order valence-corrected chi connectivity index (χ4v) is 1.24. The summed E-state index contributed by atoms with van der Waals surface area (Å²) in [5.41, 5.74) is 0. The van der Waals surface area contributed by atoms with Gasteiger partial charge in [0.05, 0.1) is 6.61 Å². The number of alkyl halides is 3. The third-order valence-corrected chi connectivity index (χ3v) is 1.89. The van der Waals surface area contributed by atoms with Gasteiger partial charge >= 0.3 is 6.36 Å². The maximum atomic E-state index is 11.5. The Hall–Kier alpha value is -0.780. The summed E-state index contributed by atoms with van der Waals surface area (Å²) in [5, 5.41) is 2.54. The van der Waals surface area contributed by atoms with Gasteiger partial charge in [-0.05, 0) is 12.8 Å². The number of amides is 1. The molecule has 1 aliphatic heterocycles. The molecule has 1 amide bonds. The Balaban J connectivity index is 2.16. The van der Waals surface area contributed by atoms with Gasteiger partial charge in [-0.2, -0.15) is 0 Å². The Labute approximate surface area is 73.2 Å². The van der Waals surface area contributed by atoms with Gasteiger partial charge in [0.25, 0.3) is 0 Å². The molecule has 0 bridgehead atoms. The molecule has 1 heterocycles. The maximum absolute atomic E-state index is 11.5. The smallest absolute Gasteiger partial charge is 0.356 e. The van der Waals surface area contributed by atoms with E-state index in [-0.39, 0.29) is 18.2 Å². The molecule has 0 aliphatic carbocycles. The number of rotatable bonds is 3. The molecule has 1 atom stereocenters. The number of halogens is 3. The van der Waals surface area contributed by atoms with E-state index in [0.29, 0.717) is 13.0 Å². The van der Waals surface area contributed by atoms with Crippen molar-refractivity contribution in [3.05, 3.63) is 0 Å². The van der Waals surface area contributed by atoms with Crippen molar-refractivity contribution in [3.63, 3.8) is 0 Å². The third-order valence-electron chi connectivity index (χ3n) is 1.89. The van der Waals surface area contributed by atoms with Gasteiger partial charge in [0.15, 0.2) is 0 Å². The Morgan fingerprint density at radius 3 is 2.69 bits per heavy atom. The monoisotopic (exact) mass is 197 g/mol. The molecular weight excluding hydrogens is 187 g/mol. The lowest BCUT2D eigenvalue weighted by Crippen LogP contribution is -2.22. The summed E-state index contributed by atoms with van der Waals surface area (Å²) in [5.74, 6) is -0.492. The predicted octanol–water partition coefficient (Wildman–Crippen LogP) is 1.05. The van der Waals surface area contributed by atoms with Crippen LogP contribution in [0.5, 0.6) is 0 Å². The highest BCUT2D eigenvalue weighted by Gasteiger charge is 2.30. The van der Waals surface area contributed by atoms with Crippen molar-refractivity contribution >= 4 is 5.91 Å². The minimum Gasteiger partial charge on any atom is -0.356 e. The molecule has 6 heteroatoms. The SMILES string of the molecule is O=C1NCCC1CCOC(F)(F)F. The van der Waals surface area contributed by atoms with Gasteiger partial charge in [0.2, 0.25) is 5.91 Å². The summed E-state index contributed by atoms with van der Waals surface area (Å²) in [6.45, 7) is 0.108. The van der Waals surface area contributed by atoms with Crippen molar-refractivity contribution in [2.75, 3.05) is 13.2 Å². The second kappa shape index (κ2) is 3.95. The van der Waals surface area contributed by atoms with E-state index in [0.717, 1.165) is 0 Å². The van der Waals surface area contributed by atoms with Crippen molar-refractivity contribution in [2.45, 2.75) is 19.2 Å². The number of carbonyl (C=O) groups excluding carboxylic acids is 1. The van der Waals surface area contributed by atoms with Crippen LogP contribution in [-0.2, 0) is 9.53 Å². The molecule has 0 radical (unpaired) electrons. The molecule has 1 N–H and O–H groups in total. The summed E-state index contributed by atoms with van der Waals surface area (Å²) in [4.78, 5) is 10.9. The van der Waals surface area contributed by atoms with Crippen molar-refractivity contribution in [2.24, 2.45) is 5.92 Å². The molecule has 1 aliphatic rings. The molecule has 0 aromatic heterocycles. The van der Waals surface area contributed by atoms with Gasteiger partial charge in [0.1, 0.15) is 0 Å². The Bertz CT molecular complexity index is 193. The highest BCUT2D eigenvalue weighted by atomic mass is 19.4. The second-order valence-corrected chi connectivity index (χ2v) is 2.86. The van der Waals surface area contributed by atoms with Crippen LogP contribution in [0, 0.1) is 5.92 Å². The summed E-state index contributed by atoms with van der Waals surface area (Å²) >= 11 is 0. The van der Waals surface area contributed by atoms with E-state index in [9.17, 15) is 18.0 Å². The summed E-state index contributed by atoms with van der Waals surface area (Å²) in [7, 11) is 0. The average Bonchev–Trinajstić information content (AvgIpc) is 2.34. The summed E-state index contributed by atoms with van der Waals surface area (Å²) in [6, 6.07) is 0. The molecule has 3 nitrogen and oxygen atoms in total. The highest BCUT2D eigenvalue weighted by Crippen LogP contribution is 2.19. The number of hydrogen-bond acceptors (Lipinski definition) is 2. The number of hydrogen-bond donors (Lipinski definition) is 1. The molecule has 1 fully saturated rings. The van der Waals surface area contributed by atoms with Crippen LogP contribution in [0.15, 0.2) is 0 Å². The molecule has 0 saturated carbocycles. The number of ether oxygens (including phenoxy) is 1. The van der Waals surface area contributed by atoms with Gasteiger partial charge in [-0.15, -0.1) is 13.2 Å². The molecular formula is C7H10F3NO2. The number of nitrogens with one attached hydrogen (secondary N) is 1. The third kappa shape index (κ3) is 3.63. The van der Waals surface area contributed by atoms with Crippen LogP contribution in [0.2, 0.25) is 0 Å². The zero-order valence-corrected chi connectivity index (χ0v) is 6.86. The quantitative estimate of drug-likeness (QED) is 0.734. The topological polar surface area (TPSA) is 38.3 Å². The maximum Gasteiger partial charge on any atom is 0.522 e. The van der Waals surface area contributed by atoms with Crippen LogP contribution >= 0.6 is 0 Å². The van der Waals surface area contributed by atoms with E-state index >= 15 is 0 Å². The Morgan fingerprint density at radius 2 is 2.23 bits per heavy atom. The minimum atomic E-state index is -4.59. The second-order valence-electron chi connectivity index (χ2n) is 2.86. The molecule has 1 saturated heterocycles. The summed E-state index contributed by atoms with van der Waals surface area (Å²) in [6.07, 6.45) is -3.86. The first kappa shape index (κ1) is 10.3. The molecule has 1 unspecified atom stereocenters. The number of carbonyl (C=O) groups is 1. The van der Waals surface area contributed by atoms with Crippen LogP contribution in [0.1, 0.15) is 12.8 Å². The summed E-state index contributed by atoms with van der Waals surface area (Å²) < 4.78 is 38.1. The molecule has 13 heavy (non-hydrogen) atoms. The molecule has 76 valence electrons. The van der Waals surface area contributed by atoms with Crippen LogP contribution in [0.3, 0.4) is 0 Å². The first-order valence-corrected chi connectivity index (χ1v) is 3.97. The zero-order valence-electron chi connectivity index (χ0n) is 6.86. The van der Waals surface area contributed by atoms with E-state index in [1.807, 2.05) is 0 Å². The minimum absolute atomic E-state index is 0.130. The van der Waals surface area contributed by atoms with Gasteiger partial charge in [0, 0.05) is 12.5 Å². The lowest BCUT2D eigenvalue weighted by atomic mass is 10.1. The molecule has 1 rings (SSSR count). The van der Waals surface area contributed by atoms with E-state index in [1.54, 1.807) is 0 Å². The fourth-order valence-electron chi connectivity index (χ4n) is 1.24. The van der Waals surface area contributed by atoms with Gasteiger partial charge < -0.3 is 5.32 Å². The van der Waals surface area contributed by atoms with E-state index < -0.39 is 13.0 Å². The normalized spacial score (nSPS) is 23.3. The van der Waals surface area contributed by atoms with E-state index in [4.69, 9.17) is 0 Å². The predicted molar refractivity (Wildman–Crippen MR) is 37.7 cm³/mol. The zero-order chi connectivity index (χ0) is 9.90. The fraction of sp³-hybridized carbons (Fsp3) is 0.857. The van der Waals surface area contributed by atoms with E-state index in [1.165, 1.54) is 0 Å². The van der Waals surface area contributed by atoms with Crippen molar-refractivity contribution in [1.82, 2.24) is 5.32 Å². The lowest BCUT2D eigenvalue weighted by Gasteiger charge is -2.09. The van der Waals surface area contributed by atoms with Crippen molar-refractivity contribution in [1.29, 1.82) is 0 Å². The van der Waals surface area contributed by atoms with Crippen molar-refractivity contribution in [3.8, 4) is 0 Å². The van der Waals surface area contributed by atoms with Crippen LogP contribution in [0.4, 0.5) is 13.2 Å². The van der Waals surface area contributed by atoms with Crippen LogP contribution < -0.4 is 5.32 Å². The van der Waals surface area contributed by atoms with Gasteiger partial charge in [-0.3, -0.25) is 9.53 Å². The largest absolute Gasteiger partial charge is 0.522 e. The molecule has 0 aromatic carbocycles.